The van der Waals surface area contributed by atoms with Crippen molar-refractivity contribution >= 4 is 5.97 Å². The van der Waals surface area contributed by atoms with Crippen LogP contribution in [0.2, 0.25) is 0 Å². The summed E-state index contributed by atoms with van der Waals surface area (Å²) in [5.74, 6) is -0.239. The second-order valence-electron chi connectivity index (χ2n) is 3.24. The van der Waals surface area contributed by atoms with Gasteiger partial charge < -0.3 is 4.74 Å². The maximum atomic E-state index is 10.9. The topological polar surface area (TPSA) is 26.3 Å². The number of unbranched alkanes of at least 4 members (excludes halogenated alkanes) is 1. The van der Waals surface area contributed by atoms with Crippen LogP contribution in [0.15, 0.2) is 23.3 Å². The molecule has 0 N–H and O–H groups in total. The van der Waals surface area contributed by atoms with Gasteiger partial charge in [-0.25, -0.2) is 4.79 Å². The van der Waals surface area contributed by atoms with Gasteiger partial charge in [-0.3, -0.25) is 0 Å². The lowest BCUT2D eigenvalue weighted by Gasteiger charge is -1.97. The molecule has 0 aromatic rings. The van der Waals surface area contributed by atoms with Gasteiger partial charge >= 0.3 is 5.97 Å². The summed E-state index contributed by atoms with van der Waals surface area (Å²) in [6.07, 6.45) is 5.94. The summed E-state index contributed by atoms with van der Waals surface area (Å²) < 4.78 is 4.57. The Balaban J connectivity index is 3.85. The fourth-order valence-electron chi connectivity index (χ4n) is 0.916. The molecular weight excluding hydrogens is 164 g/mol. The molecule has 0 radical (unpaired) electrons. The van der Waals surface area contributed by atoms with Crippen molar-refractivity contribution in [1.29, 1.82) is 0 Å². The van der Waals surface area contributed by atoms with Crippen molar-refractivity contribution in [2.75, 3.05) is 7.11 Å². The fourth-order valence-corrected chi connectivity index (χ4v) is 0.916. The van der Waals surface area contributed by atoms with E-state index in [2.05, 4.69) is 24.7 Å². The molecule has 0 atom stereocenters. The third kappa shape index (κ3) is 6.14. The normalized spacial score (nSPS) is 10.9. The molecule has 0 bridgehead atoms. The lowest BCUT2D eigenvalue weighted by molar-refractivity contribution is -0.136. The highest BCUT2D eigenvalue weighted by Gasteiger charge is 2.00. The number of rotatable bonds is 4. The number of carbonyl (C=O) groups excluding carboxylic acids is 1. The molecule has 13 heavy (non-hydrogen) atoms. The van der Waals surface area contributed by atoms with Gasteiger partial charge in [0, 0.05) is 5.57 Å². The van der Waals surface area contributed by atoms with Crippen molar-refractivity contribution in [3.63, 3.8) is 0 Å². The van der Waals surface area contributed by atoms with Gasteiger partial charge in [0.15, 0.2) is 0 Å². The first-order valence-electron chi connectivity index (χ1n) is 4.46. The van der Waals surface area contributed by atoms with Gasteiger partial charge in [0.25, 0.3) is 0 Å². The number of ether oxygens (including phenoxy) is 1. The Kier molecular flexibility index (Phi) is 5.94. The summed E-state index contributed by atoms with van der Waals surface area (Å²) in [4.78, 5) is 10.9. The fraction of sp³-hybridized carbons (Fsp3) is 0.545. The summed E-state index contributed by atoms with van der Waals surface area (Å²) in [6.45, 7) is 5.90. The summed E-state index contributed by atoms with van der Waals surface area (Å²) in [6, 6.07) is 0. The summed E-state index contributed by atoms with van der Waals surface area (Å²) in [5.41, 5.74) is 1.99. The van der Waals surface area contributed by atoms with E-state index in [1.165, 1.54) is 12.7 Å². The third-order valence-corrected chi connectivity index (χ3v) is 1.68. The summed E-state index contributed by atoms with van der Waals surface area (Å²) >= 11 is 0. The molecule has 0 aromatic heterocycles. The highest BCUT2D eigenvalue weighted by Crippen LogP contribution is 2.02. The molecule has 0 unspecified atom stereocenters. The van der Waals surface area contributed by atoms with Crippen LogP contribution in [0, 0.1) is 0 Å². The third-order valence-electron chi connectivity index (χ3n) is 1.68. The van der Waals surface area contributed by atoms with Crippen molar-refractivity contribution in [3.05, 3.63) is 23.3 Å². The van der Waals surface area contributed by atoms with Gasteiger partial charge in [-0.2, -0.15) is 0 Å². The zero-order valence-electron chi connectivity index (χ0n) is 8.89. The number of hydrogen-bond acceptors (Lipinski definition) is 2. The Morgan fingerprint density at radius 1 is 1.15 bits per heavy atom. The molecule has 0 saturated heterocycles. The lowest BCUT2D eigenvalue weighted by Crippen LogP contribution is -2.00. The lowest BCUT2D eigenvalue weighted by atomic mass is 10.2. The Morgan fingerprint density at radius 3 is 2.15 bits per heavy atom. The van der Waals surface area contributed by atoms with Crippen molar-refractivity contribution in [1.82, 2.24) is 0 Å². The number of allylic oxidation sites excluding steroid dienone is 3. The van der Waals surface area contributed by atoms with E-state index in [0.717, 1.165) is 12.8 Å². The molecule has 0 rings (SSSR count). The maximum absolute atomic E-state index is 10.9. The Hall–Kier alpha value is -1.05. The number of hydrogen-bond donors (Lipinski definition) is 0. The number of esters is 1. The van der Waals surface area contributed by atoms with Crippen LogP contribution in [0.3, 0.4) is 0 Å². The molecule has 2 nitrogen and oxygen atoms in total. The minimum Gasteiger partial charge on any atom is -0.466 e. The van der Waals surface area contributed by atoms with Gasteiger partial charge in [0.1, 0.15) is 0 Å². The first-order valence-corrected chi connectivity index (χ1v) is 4.46. The monoisotopic (exact) mass is 182 g/mol. The van der Waals surface area contributed by atoms with Crippen LogP contribution in [0.5, 0.6) is 0 Å². The number of methoxy groups -OCH3 is 1. The van der Waals surface area contributed by atoms with Gasteiger partial charge in [0.2, 0.25) is 0 Å². The second-order valence-corrected chi connectivity index (χ2v) is 3.24. The predicted molar refractivity (Wildman–Crippen MR) is 54.4 cm³/mol. The predicted octanol–water partition coefficient (Wildman–Crippen LogP) is 2.85. The Bertz CT molecular complexity index is 220. The van der Waals surface area contributed by atoms with E-state index < -0.39 is 0 Å². The standard InChI is InChI=1S/C11H18O2/c1-9(2)7-5-6-8-10(3)11(12)13-4/h7-8H,5-6H2,1-4H3/b10-8+. The highest BCUT2D eigenvalue weighted by atomic mass is 16.5. The molecule has 0 amide bonds. The van der Waals surface area contributed by atoms with E-state index >= 15 is 0 Å². The molecule has 0 aliphatic rings. The van der Waals surface area contributed by atoms with Crippen molar-refractivity contribution in [2.24, 2.45) is 0 Å². The van der Waals surface area contributed by atoms with Gasteiger partial charge in [-0.15, -0.1) is 0 Å². The van der Waals surface area contributed by atoms with Gasteiger partial charge in [-0.05, 0) is 33.6 Å². The molecule has 74 valence electrons. The zero-order chi connectivity index (χ0) is 10.3. The van der Waals surface area contributed by atoms with E-state index in [0.29, 0.717) is 5.57 Å². The average Bonchev–Trinajstić information content (AvgIpc) is 2.10. The van der Waals surface area contributed by atoms with Gasteiger partial charge in [-0.1, -0.05) is 17.7 Å². The van der Waals surface area contributed by atoms with Crippen LogP contribution >= 0.6 is 0 Å². The second kappa shape index (κ2) is 6.46. The van der Waals surface area contributed by atoms with Crippen LogP contribution in [0.4, 0.5) is 0 Å². The van der Waals surface area contributed by atoms with Crippen LogP contribution in [0.25, 0.3) is 0 Å². The van der Waals surface area contributed by atoms with Crippen LogP contribution < -0.4 is 0 Å². The maximum Gasteiger partial charge on any atom is 0.333 e. The SMILES string of the molecule is COC(=O)/C(C)=C/CCC=C(C)C. The molecule has 0 aromatic carbocycles. The van der Waals surface area contributed by atoms with Crippen molar-refractivity contribution in [3.8, 4) is 0 Å². The van der Waals surface area contributed by atoms with Crippen molar-refractivity contribution in [2.45, 2.75) is 33.6 Å². The van der Waals surface area contributed by atoms with Crippen LogP contribution in [0.1, 0.15) is 33.6 Å². The van der Waals surface area contributed by atoms with Crippen LogP contribution in [-0.4, -0.2) is 13.1 Å². The first-order chi connectivity index (χ1) is 6.07. The molecule has 2 heteroatoms. The molecule has 0 spiro atoms. The Labute approximate surface area is 80.3 Å². The quantitative estimate of drug-likeness (QED) is 0.289. The summed E-state index contributed by atoms with van der Waals surface area (Å²) in [7, 11) is 1.40. The molecule has 0 fully saturated rings. The number of carbonyl (C=O) groups is 1. The minimum atomic E-state index is -0.239. The highest BCUT2D eigenvalue weighted by molar-refractivity contribution is 5.87. The van der Waals surface area contributed by atoms with Crippen LogP contribution in [-0.2, 0) is 9.53 Å². The molecular formula is C11H18O2. The summed E-state index contributed by atoms with van der Waals surface area (Å²) in [5, 5.41) is 0. The van der Waals surface area contributed by atoms with E-state index in [1.54, 1.807) is 6.92 Å². The van der Waals surface area contributed by atoms with E-state index in [9.17, 15) is 4.79 Å². The van der Waals surface area contributed by atoms with E-state index in [1.807, 2.05) is 6.08 Å². The first kappa shape index (κ1) is 11.9. The largest absolute Gasteiger partial charge is 0.466 e. The van der Waals surface area contributed by atoms with E-state index in [-0.39, 0.29) is 5.97 Å². The minimum absolute atomic E-state index is 0.239. The molecule has 0 saturated carbocycles. The smallest absolute Gasteiger partial charge is 0.333 e. The van der Waals surface area contributed by atoms with Gasteiger partial charge in [0.05, 0.1) is 7.11 Å². The molecule has 0 aliphatic heterocycles. The zero-order valence-corrected chi connectivity index (χ0v) is 8.89. The van der Waals surface area contributed by atoms with E-state index in [4.69, 9.17) is 0 Å². The van der Waals surface area contributed by atoms with Crippen molar-refractivity contribution < 1.29 is 9.53 Å². The molecule has 0 aliphatic carbocycles. The molecule has 0 heterocycles. The Morgan fingerprint density at radius 2 is 1.69 bits per heavy atom. The average molecular weight is 182 g/mol.